The van der Waals surface area contributed by atoms with Crippen LogP contribution in [0.5, 0.6) is 0 Å². The van der Waals surface area contributed by atoms with Gasteiger partial charge in [0.25, 0.3) is 5.91 Å². The van der Waals surface area contributed by atoms with Gasteiger partial charge in [0.15, 0.2) is 23.0 Å². The minimum absolute atomic E-state index is 0.220. The summed E-state index contributed by atoms with van der Waals surface area (Å²) in [6.07, 6.45) is 2.76. The number of nitrogens with one attached hydrogen (secondary N) is 1. The first-order valence-electron chi connectivity index (χ1n) is 7.82. The van der Waals surface area contributed by atoms with Crippen LogP contribution in [0.1, 0.15) is 45.4 Å². The zero-order chi connectivity index (χ0) is 19.3. The van der Waals surface area contributed by atoms with Crippen LogP contribution in [-0.4, -0.2) is 27.0 Å². The van der Waals surface area contributed by atoms with E-state index in [0.29, 0.717) is 5.70 Å². The van der Waals surface area contributed by atoms with Gasteiger partial charge in [-0.05, 0) is 17.5 Å². The molecule has 0 unspecified atom stereocenters. The van der Waals surface area contributed by atoms with Crippen LogP contribution in [-0.2, 0) is 6.54 Å². The third kappa shape index (κ3) is 4.26. The number of amides is 1. The molecule has 9 heteroatoms. The number of anilines is 2. The van der Waals surface area contributed by atoms with Crippen molar-refractivity contribution < 1.29 is 14.7 Å². The van der Waals surface area contributed by atoms with Crippen molar-refractivity contribution in [3.63, 3.8) is 0 Å². The van der Waals surface area contributed by atoms with Crippen LogP contribution in [0, 0.1) is 0 Å². The fourth-order valence-electron chi connectivity index (χ4n) is 2.20. The number of nitrogens with two attached hydrogens (primary N) is 3. The number of rotatable bonds is 6. The maximum Gasteiger partial charge on any atom is 0.358 e. The Morgan fingerprint density at radius 2 is 1.69 bits per heavy atom. The Labute approximate surface area is 149 Å². The molecular formula is C17H20N6O3. The number of nitrogens with zero attached hydrogens (tertiary/aromatic N) is 2. The summed E-state index contributed by atoms with van der Waals surface area (Å²) in [6.45, 7) is 2.22. The van der Waals surface area contributed by atoms with E-state index >= 15 is 0 Å². The van der Waals surface area contributed by atoms with Crippen molar-refractivity contribution in [2.75, 3.05) is 11.5 Å². The number of carbonyl (C=O) groups excluding carboxylic acids is 1. The molecule has 0 spiro atoms. The van der Waals surface area contributed by atoms with Gasteiger partial charge in [-0.1, -0.05) is 37.3 Å². The highest BCUT2D eigenvalue weighted by molar-refractivity contribution is 5.98. The third-order valence-electron chi connectivity index (χ3n) is 3.53. The van der Waals surface area contributed by atoms with E-state index in [1.807, 2.05) is 37.3 Å². The van der Waals surface area contributed by atoms with Crippen molar-refractivity contribution >= 4 is 29.2 Å². The molecule has 2 rings (SSSR count). The second kappa shape index (κ2) is 7.97. The molecule has 0 aliphatic heterocycles. The van der Waals surface area contributed by atoms with Crippen molar-refractivity contribution in [3.05, 3.63) is 52.9 Å². The van der Waals surface area contributed by atoms with Crippen molar-refractivity contribution in [2.45, 2.75) is 19.9 Å². The van der Waals surface area contributed by atoms with Crippen LogP contribution in [0.3, 0.4) is 0 Å². The van der Waals surface area contributed by atoms with Gasteiger partial charge in [-0.25, -0.2) is 14.8 Å². The Morgan fingerprint density at radius 3 is 2.27 bits per heavy atom. The minimum atomic E-state index is -1.37. The Balaban J connectivity index is 2.08. The van der Waals surface area contributed by atoms with Gasteiger partial charge < -0.3 is 27.6 Å². The van der Waals surface area contributed by atoms with Gasteiger partial charge in [0.05, 0.1) is 0 Å². The summed E-state index contributed by atoms with van der Waals surface area (Å²) in [5.74, 6) is -2.65. The first-order valence-corrected chi connectivity index (χ1v) is 7.82. The highest BCUT2D eigenvalue weighted by atomic mass is 16.4. The molecule has 8 N–H and O–H groups in total. The number of allylic oxidation sites excluding steroid dienone is 1. The van der Waals surface area contributed by atoms with Crippen molar-refractivity contribution in [1.82, 2.24) is 15.3 Å². The number of carboxylic acid groups (broad SMARTS) is 1. The summed E-state index contributed by atoms with van der Waals surface area (Å²) < 4.78 is 0. The lowest BCUT2D eigenvalue weighted by Gasteiger charge is -2.09. The number of nitrogen functional groups attached to an aromatic ring is 2. The number of hydrogen-bond donors (Lipinski definition) is 5. The molecule has 0 bridgehead atoms. The van der Waals surface area contributed by atoms with Crippen LogP contribution >= 0.6 is 0 Å². The number of aromatic nitrogens is 2. The largest absolute Gasteiger partial charge is 0.476 e. The Morgan fingerprint density at radius 1 is 1.12 bits per heavy atom. The van der Waals surface area contributed by atoms with Gasteiger partial charge in [-0.2, -0.15) is 0 Å². The van der Waals surface area contributed by atoms with E-state index in [4.69, 9.17) is 22.3 Å². The van der Waals surface area contributed by atoms with Crippen molar-refractivity contribution in [2.24, 2.45) is 5.73 Å². The lowest BCUT2D eigenvalue weighted by molar-refractivity contribution is 0.0690. The quantitative estimate of drug-likeness (QED) is 0.509. The Bertz CT molecular complexity index is 862. The van der Waals surface area contributed by atoms with E-state index in [1.165, 1.54) is 0 Å². The number of carbonyl (C=O) groups is 2. The molecule has 2 aromatic rings. The highest BCUT2D eigenvalue weighted by Crippen LogP contribution is 2.14. The van der Waals surface area contributed by atoms with E-state index in [9.17, 15) is 9.59 Å². The van der Waals surface area contributed by atoms with Crippen LogP contribution in [0.15, 0.2) is 30.3 Å². The lowest BCUT2D eigenvalue weighted by atomic mass is 10.1. The number of aromatic carboxylic acids is 1. The summed E-state index contributed by atoms with van der Waals surface area (Å²) >= 11 is 0. The first-order chi connectivity index (χ1) is 12.3. The predicted molar refractivity (Wildman–Crippen MR) is 97.9 cm³/mol. The van der Waals surface area contributed by atoms with Gasteiger partial charge in [0.2, 0.25) is 0 Å². The minimum Gasteiger partial charge on any atom is -0.476 e. The zero-order valence-electron chi connectivity index (χ0n) is 14.2. The van der Waals surface area contributed by atoms with E-state index in [0.717, 1.165) is 17.5 Å². The van der Waals surface area contributed by atoms with E-state index < -0.39 is 17.6 Å². The summed E-state index contributed by atoms with van der Waals surface area (Å²) in [6, 6.07) is 7.39. The molecule has 9 nitrogen and oxygen atoms in total. The molecule has 26 heavy (non-hydrogen) atoms. The molecule has 1 aromatic heterocycles. The average molecular weight is 356 g/mol. The molecule has 136 valence electrons. The third-order valence-corrected chi connectivity index (χ3v) is 3.53. The topological polar surface area (TPSA) is 170 Å². The first kappa shape index (κ1) is 18.7. The van der Waals surface area contributed by atoms with E-state index in [1.54, 1.807) is 0 Å². The Hall–Kier alpha value is -3.62. The maximum atomic E-state index is 12.2. The number of benzene rings is 1. The summed E-state index contributed by atoms with van der Waals surface area (Å²) in [5, 5.41) is 11.6. The van der Waals surface area contributed by atoms with Crippen LogP contribution < -0.4 is 22.5 Å². The smallest absolute Gasteiger partial charge is 0.358 e. The molecule has 0 fully saturated rings. The average Bonchev–Trinajstić information content (AvgIpc) is 2.61. The summed E-state index contributed by atoms with van der Waals surface area (Å²) in [5.41, 5.74) is 18.7. The summed E-state index contributed by atoms with van der Waals surface area (Å²) in [7, 11) is 0. The molecular weight excluding hydrogens is 336 g/mol. The van der Waals surface area contributed by atoms with Crippen LogP contribution in [0.4, 0.5) is 11.6 Å². The van der Waals surface area contributed by atoms with Gasteiger partial charge >= 0.3 is 5.97 Å². The van der Waals surface area contributed by atoms with E-state index in [-0.39, 0.29) is 23.9 Å². The molecule has 0 saturated heterocycles. The van der Waals surface area contributed by atoms with Gasteiger partial charge in [0.1, 0.15) is 0 Å². The summed E-state index contributed by atoms with van der Waals surface area (Å²) in [4.78, 5) is 30.5. The fraction of sp³-hybridized carbons (Fsp3) is 0.176. The van der Waals surface area contributed by atoms with Gasteiger partial charge in [0, 0.05) is 12.2 Å². The van der Waals surface area contributed by atoms with E-state index in [2.05, 4.69) is 15.3 Å². The lowest BCUT2D eigenvalue weighted by Crippen LogP contribution is -2.26. The molecule has 0 atom stereocenters. The molecule has 0 aliphatic carbocycles. The molecule has 1 amide bonds. The molecule has 1 heterocycles. The molecule has 1 aromatic carbocycles. The second-order valence-corrected chi connectivity index (χ2v) is 5.44. The zero-order valence-corrected chi connectivity index (χ0v) is 14.2. The second-order valence-electron chi connectivity index (χ2n) is 5.44. The van der Waals surface area contributed by atoms with Gasteiger partial charge in [-0.15, -0.1) is 0 Å². The van der Waals surface area contributed by atoms with Crippen LogP contribution in [0.25, 0.3) is 5.70 Å². The fourth-order valence-corrected chi connectivity index (χ4v) is 2.20. The molecule has 0 radical (unpaired) electrons. The maximum absolute atomic E-state index is 12.2. The highest BCUT2D eigenvalue weighted by Gasteiger charge is 2.19. The van der Waals surface area contributed by atoms with Crippen molar-refractivity contribution in [1.29, 1.82) is 0 Å². The predicted octanol–water partition coefficient (Wildman–Crippen LogP) is 0.979. The number of hydrogen-bond acceptors (Lipinski definition) is 7. The number of carboxylic acids is 1. The monoisotopic (exact) mass is 356 g/mol. The Kier molecular flexibility index (Phi) is 5.74. The normalized spacial score (nSPS) is 11.2. The SMILES string of the molecule is CC/C=C(\N)c1ccc(CNC(=O)c2nc(N)c(C(=O)O)nc2N)cc1. The molecule has 0 saturated carbocycles. The standard InChI is InChI=1S/C17H20N6O3/c1-2-3-11(18)10-6-4-9(5-7-10)8-21-16(24)12-14(19)23-13(17(25)26)15(20)22-12/h3-7H,2,8,18H2,1H3,(H2,19,23)(H2,20,22)(H,21,24)(H,25,26)/b11-3-. The van der Waals surface area contributed by atoms with Gasteiger partial charge in [-0.3, -0.25) is 4.79 Å². The molecule has 0 aliphatic rings. The van der Waals surface area contributed by atoms with Crippen molar-refractivity contribution in [3.8, 4) is 0 Å². The van der Waals surface area contributed by atoms with Crippen LogP contribution in [0.2, 0.25) is 0 Å².